The predicted octanol–water partition coefficient (Wildman–Crippen LogP) is 2.54. The first kappa shape index (κ1) is 15.3. The van der Waals surface area contributed by atoms with E-state index in [1.54, 1.807) is 16.7 Å². The molecule has 0 saturated carbocycles. The summed E-state index contributed by atoms with van der Waals surface area (Å²) in [6.07, 6.45) is 2.51. The highest BCUT2D eigenvalue weighted by molar-refractivity contribution is 7.98. The molecule has 20 heavy (non-hydrogen) atoms. The van der Waals surface area contributed by atoms with E-state index in [4.69, 9.17) is 0 Å². The lowest BCUT2D eigenvalue weighted by atomic mass is 10.1. The molecule has 1 saturated heterocycles. The van der Waals surface area contributed by atoms with E-state index in [-0.39, 0.29) is 24.7 Å². The van der Waals surface area contributed by atoms with Crippen molar-refractivity contribution in [1.29, 1.82) is 0 Å². The molecular formula is C14H18F2N2OS. The summed E-state index contributed by atoms with van der Waals surface area (Å²) in [5.74, 6) is -0.816. The van der Waals surface area contributed by atoms with Crippen LogP contribution in [0.15, 0.2) is 18.2 Å². The number of rotatable bonds is 5. The Kier molecular flexibility index (Phi) is 4.99. The summed E-state index contributed by atoms with van der Waals surface area (Å²) in [4.78, 5) is 13.7. The van der Waals surface area contributed by atoms with Gasteiger partial charge in [-0.1, -0.05) is 6.07 Å². The van der Waals surface area contributed by atoms with Crippen molar-refractivity contribution in [3.05, 3.63) is 35.4 Å². The first-order valence-corrected chi connectivity index (χ1v) is 7.92. The van der Waals surface area contributed by atoms with E-state index >= 15 is 0 Å². The van der Waals surface area contributed by atoms with Crippen molar-refractivity contribution >= 4 is 17.7 Å². The Morgan fingerprint density at radius 2 is 2.20 bits per heavy atom. The predicted molar refractivity (Wildman–Crippen MR) is 76.4 cm³/mol. The Balaban J connectivity index is 2.20. The van der Waals surface area contributed by atoms with Crippen molar-refractivity contribution in [2.45, 2.75) is 25.6 Å². The van der Waals surface area contributed by atoms with Crippen molar-refractivity contribution in [2.75, 3.05) is 18.6 Å². The topological polar surface area (TPSA) is 32.3 Å². The van der Waals surface area contributed by atoms with Gasteiger partial charge in [0.25, 0.3) is 0 Å². The smallest absolute Gasteiger partial charge is 0.238 e. The number of nitrogens with one attached hydrogen (secondary N) is 1. The highest BCUT2D eigenvalue weighted by Gasteiger charge is 2.34. The lowest BCUT2D eigenvalue weighted by Crippen LogP contribution is -2.38. The van der Waals surface area contributed by atoms with Gasteiger partial charge >= 0.3 is 0 Å². The third-order valence-electron chi connectivity index (χ3n) is 3.49. The largest absolute Gasteiger partial charge is 0.319 e. The van der Waals surface area contributed by atoms with Crippen LogP contribution < -0.4 is 5.32 Å². The Morgan fingerprint density at radius 1 is 1.45 bits per heavy atom. The average molecular weight is 300 g/mol. The SMILES string of the molecule is CSCCC(C)N1C(=O)CNC1c1ccc(F)c(F)c1. The third kappa shape index (κ3) is 3.12. The van der Waals surface area contributed by atoms with Gasteiger partial charge in [0, 0.05) is 6.04 Å². The zero-order valence-electron chi connectivity index (χ0n) is 11.5. The first-order chi connectivity index (χ1) is 9.54. The quantitative estimate of drug-likeness (QED) is 0.907. The molecule has 0 aliphatic carbocycles. The van der Waals surface area contributed by atoms with Gasteiger partial charge in [-0.05, 0) is 43.0 Å². The number of amides is 1. The van der Waals surface area contributed by atoms with Crippen LogP contribution in [0.4, 0.5) is 8.78 Å². The Hall–Kier alpha value is -1.14. The van der Waals surface area contributed by atoms with Gasteiger partial charge < -0.3 is 4.90 Å². The van der Waals surface area contributed by atoms with Crippen molar-refractivity contribution < 1.29 is 13.6 Å². The number of benzene rings is 1. The van der Waals surface area contributed by atoms with Crippen molar-refractivity contribution in [3.63, 3.8) is 0 Å². The van der Waals surface area contributed by atoms with Crippen molar-refractivity contribution in [1.82, 2.24) is 10.2 Å². The molecule has 1 fully saturated rings. The highest BCUT2D eigenvalue weighted by Crippen LogP contribution is 2.27. The molecule has 2 unspecified atom stereocenters. The van der Waals surface area contributed by atoms with Gasteiger partial charge in [0.15, 0.2) is 11.6 Å². The molecule has 2 atom stereocenters. The van der Waals surface area contributed by atoms with Gasteiger partial charge in [0.2, 0.25) is 5.91 Å². The lowest BCUT2D eigenvalue weighted by molar-refractivity contribution is -0.130. The standard InChI is InChI=1S/C14H18F2N2OS/c1-9(5-6-20-2)18-13(19)8-17-14(18)10-3-4-11(15)12(16)7-10/h3-4,7,9,14,17H,5-6,8H2,1-2H3. The van der Waals surface area contributed by atoms with E-state index < -0.39 is 11.6 Å². The second-order valence-electron chi connectivity index (χ2n) is 4.89. The van der Waals surface area contributed by atoms with E-state index in [0.717, 1.165) is 24.3 Å². The monoisotopic (exact) mass is 300 g/mol. The molecule has 1 amide bonds. The zero-order valence-corrected chi connectivity index (χ0v) is 12.3. The van der Waals surface area contributed by atoms with Gasteiger partial charge in [-0.3, -0.25) is 10.1 Å². The van der Waals surface area contributed by atoms with E-state index in [9.17, 15) is 13.6 Å². The Morgan fingerprint density at radius 3 is 2.85 bits per heavy atom. The molecule has 1 aromatic carbocycles. The summed E-state index contributed by atoms with van der Waals surface area (Å²) < 4.78 is 26.4. The summed E-state index contributed by atoms with van der Waals surface area (Å²) in [5, 5.41) is 3.06. The first-order valence-electron chi connectivity index (χ1n) is 6.53. The van der Waals surface area contributed by atoms with Crippen LogP contribution in [0.2, 0.25) is 0 Å². The van der Waals surface area contributed by atoms with Crippen LogP contribution in [-0.2, 0) is 4.79 Å². The average Bonchev–Trinajstić information content (AvgIpc) is 2.81. The van der Waals surface area contributed by atoms with E-state index in [2.05, 4.69) is 5.32 Å². The number of hydrogen-bond donors (Lipinski definition) is 1. The summed E-state index contributed by atoms with van der Waals surface area (Å²) in [5.41, 5.74) is 0.575. The molecule has 110 valence electrons. The maximum Gasteiger partial charge on any atom is 0.238 e. The minimum absolute atomic E-state index is 0.00617. The molecular weight excluding hydrogens is 282 g/mol. The molecule has 1 aliphatic heterocycles. The van der Waals surface area contributed by atoms with Crippen LogP contribution in [-0.4, -0.2) is 35.4 Å². The molecule has 0 bridgehead atoms. The maximum atomic E-state index is 13.4. The lowest BCUT2D eigenvalue weighted by Gasteiger charge is -2.30. The molecule has 0 radical (unpaired) electrons. The highest BCUT2D eigenvalue weighted by atomic mass is 32.2. The maximum absolute atomic E-state index is 13.4. The van der Waals surface area contributed by atoms with Crippen LogP contribution in [0.5, 0.6) is 0 Å². The van der Waals surface area contributed by atoms with Gasteiger partial charge in [-0.2, -0.15) is 11.8 Å². The summed E-state index contributed by atoms with van der Waals surface area (Å²) in [7, 11) is 0. The second-order valence-corrected chi connectivity index (χ2v) is 5.87. The number of nitrogens with zero attached hydrogens (tertiary/aromatic N) is 1. The van der Waals surface area contributed by atoms with Crippen LogP contribution in [0.25, 0.3) is 0 Å². The minimum atomic E-state index is -0.889. The van der Waals surface area contributed by atoms with Gasteiger partial charge in [0.05, 0.1) is 6.54 Å². The fourth-order valence-electron chi connectivity index (χ4n) is 2.41. The van der Waals surface area contributed by atoms with E-state index in [0.29, 0.717) is 5.56 Å². The molecule has 1 aliphatic rings. The molecule has 0 aromatic heterocycles. The normalized spacial score (nSPS) is 20.5. The number of carbonyl (C=O) groups is 1. The fourth-order valence-corrected chi connectivity index (χ4v) is 2.98. The van der Waals surface area contributed by atoms with Gasteiger partial charge in [-0.25, -0.2) is 8.78 Å². The summed E-state index contributed by atoms with van der Waals surface area (Å²) >= 11 is 1.72. The zero-order chi connectivity index (χ0) is 14.7. The molecule has 1 N–H and O–H groups in total. The van der Waals surface area contributed by atoms with Crippen molar-refractivity contribution in [2.24, 2.45) is 0 Å². The van der Waals surface area contributed by atoms with Crippen LogP contribution in [0.3, 0.4) is 0 Å². The molecule has 1 aromatic rings. The number of carbonyl (C=O) groups excluding carboxylic acids is 1. The second kappa shape index (κ2) is 6.54. The molecule has 1 heterocycles. The number of halogens is 2. The van der Waals surface area contributed by atoms with Crippen LogP contribution >= 0.6 is 11.8 Å². The van der Waals surface area contributed by atoms with Gasteiger partial charge in [0.1, 0.15) is 6.17 Å². The van der Waals surface area contributed by atoms with Crippen molar-refractivity contribution in [3.8, 4) is 0 Å². The molecule has 3 nitrogen and oxygen atoms in total. The number of hydrogen-bond acceptors (Lipinski definition) is 3. The van der Waals surface area contributed by atoms with Crippen LogP contribution in [0.1, 0.15) is 25.1 Å². The van der Waals surface area contributed by atoms with E-state index in [1.165, 1.54) is 6.07 Å². The summed E-state index contributed by atoms with van der Waals surface area (Å²) in [6, 6.07) is 3.83. The summed E-state index contributed by atoms with van der Waals surface area (Å²) in [6.45, 7) is 2.21. The minimum Gasteiger partial charge on any atom is -0.319 e. The van der Waals surface area contributed by atoms with Gasteiger partial charge in [-0.15, -0.1) is 0 Å². The molecule has 2 rings (SSSR count). The molecule has 6 heteroatoms. The Labute approximate surface area is 121 Å². The fraction of sp³-hybridized carbons (Fsp3) is 0.500. The molecule has 0 spiro atoms. The van der Waals surface area contributed by atoms with Crippen LogP contribution in [0, 0.1) is 11.6 Å². The Bertz CT molecular complexity index is 498. The number of thioether (sulfide) groups is 1. The third-order valence-corrected chi connectivity index (χ3v) is 4.13. The van der Waals surface area contributed by atoms with E-state index in [1.807, 2.05) is 13.2 Å².